The quantitative estimate of drug-likeness (QED) is 0.842. The van der Waals surface area contributed by atoms with Crippen molar-refractivity contribution in [2.24, 2.45) is 0 Å². The lowest BCUT2D eigenvalue weighted by Gasteiger charge is -2.26. The zero-order valence-electron chi connectivity index (χ0n) is 11.1. The fraction of sp³-hybridized carbons (Fsp3) is 0.500. The maximum atomic E-state index is 12.7. The number of nitrogens with one attached hydrogen (secondary N) is 1. The highest BCUT2D eigenvalue weighted by Crippen LogP contribution is 2.32. The highest BCUT2D eigenvalue weighted by Gasteiger charge is 2.32. The summed E-state index contributed by atoms with van der Waals surface area (Å²) in [5.41, 5.74) is -0.913. The summed E-state index contributed by atoms with van der Waals surface area (Å²) < 4.78 is 38.4. The number of aliphatic hydroxyl groups is 1. The molecule has 2 unspecified atom stereocenters. The van der Waals surface area contributed by atoms with Gasteiger partial charge in [0.2, 0.25) is 0 Å². The number of amides is 1. The Morgan fingerprint density at radius 3 is 2.67 bits per heavy atom. The maximum absolute atomic E-state index is 12.7. The third kappa shape index (κ3) is 4.20. The van der Waals surface area contributed by atoms with Gasteiger partial charge in [-0.25, -0.2) is 0 Å². The van der Waals surface area contributed by atoms with Crippen LogP contribution in [0.25, 0.3) is 0 Å². The van der Waals surface area contributed by atoms with Crippen molar-refractivity contribution in [3.05, 3.63) is 33.8 Å². The van der Waals surface area contributed by atoms with Gasteiger partial charge in [-0.1, -0.05) is 0 Å². The largest absolute Gasteiger partial charge is 0.416 e. The number of rotatable bonds is 2. The second-order valence-corrected chi connectivity index (χ2v) is 6.04. The van der Waals surface area contributed by atoms with Gasteiger partial charge in [0.15, 0.2) is 0 Å². The zero-order valence-corrected chi connectivity index (χ0v) is 12.7. The van der Waals surface area contributed by atoms with Gasteiger partial charge in [-0.3, -0.25) is 4.79 Å². The first-order chi connectivity index (χ1) is 9.77. The van der Waals surface area contributed by atoms with E-state index in [0.717, 1.165) is 25.0 Å². The molecular formula is C14H15BrF3NO2. The maximum Gasteiger partial charge on any atom is 0.416 e. The molecule has 0 radical (unpaired) electrons. The van der Waals surface area contributed by atoms with E-state index < -0.39 is 23.8 Å². The van der Waals surface area contributed by atoms with Crippen LogP contribution in [-0.4, -0.2) is 23.2 Å². The van der Waals surface area contributed by atoms with E-state index in [2.05, 4.69) is 21.2 Å². The number of hydrogen-bond donors (Lipinski definition) is 2. The first-order valence-corrected chi connectivity index (χ1v) is 7.42. The van der Waals surface area contributed by atoms with E-state index in [9.17, 15) is 23.1 Å². The van der Waals surface area contributed by atoms with Crippen molar-refractivity contribution in [2.75, 3.05) is 0 Å². The van der Waals surface area contributed by atoms with E-state index in [4.69, 9.17) is 0 Å². The highest BCUT2D eigenvalue weighted by atomic mass is 79.9. The van der Waals surface area contributed by atoms with Crippen LogP contribution in [0.5, 0.6) is 0 Å². The highest BCUT2D eigenvalue weighted by molar-refractivity contribution is 9.10. The molecule has 21 heavy (non-hydrogen) atoms. The van der Waals surface area contributed by atoms with Crippen molar-refractivity contribution < 1.29 is 23.1 Å². The number of carbonyl (C=O) groups excluding carboxylic acids is 1. The Hall–Kier alpha value is -1.08. The van der Waals surface area contributed by atoms with Crippen LogP contribution in [0.4, 0.5) is 13.2 Å². The molecule has 1 aliphatic carbocycles. The molecule has 0 bridgehead atoms. The Morgan fingerprint density at radius 1 is 1.33 bits per heavy atom. The molecule has 1 amide bonds. The summed E-state index contributed by atoms with van der Waals surface area (Å²) >= 11 is 3.10. The van der Waals surface area contributed by atoms with Crippen molar-refractivity contribution in [3.8, 4) is 0 Å². The molecule has 2 rings (SSSR count). The van der Waals surface area contributed by atoms with E-state index in [0.29, 0.717) is 17.3 Å². The van der Waals surface area contributed by atoms with E-state index in [1.54, 1.807) is 0 Å². The molecule has 116 valence electrons. The third-order valence-corrected chi connectivity index (χ3v) is 4.21. The number of benzene rings is 1. The number of alkyl halides is 3. The summed E-state index contributed by atoms with van der Waals surface area (Å²) in [6, 6.07) is 2.76. The van der Waals surface area contributed by atoms with Gasteiger partial charge in [-0.15, -0.1) is 0 Å². The molecule has 0 spiro atoms. The Bertz CT molecular complexity index is 533. The lowest BCUT2D eigenvalue weighted by Crippen LogP contribution is -2.39. The average molecular weight is 366 g/mol. The molecule has 0 aromatic heterocycles. The van der Waals surface area contributed by atoms with Crippen molar-refractivity contribution in [3.63, 3.8) is 0 Å². The van der Waals surface area contributed by atoms with Crippen molar-refractivity contribution in [2.45, 2.75) is 44.0 Å². The van der Waals surface area contributed by atoms with Crippen LogP contribution in [0.2, 0.25) is 0 Å². The number of carbonyl (C=O) groups is 1. The first kappa shape index (κ1) is 16.3. The summed E-state index contributed by atoms with van der Waals surface area (Å²) in [7, 11) is 0. The lowest BCUT2D eigenvalue weighted by atomic mass is 9.93. The average Bonchev–Trinajstić information content (AvgIpc) is 2.37. The number of aliphatic hydroxyl groups excluding tert-OH is 1. The fourth-order valence-electron chi connectivity index (χ4n) is 2.43. The summed E-state index contributed by atoms with van der Waals surface area (Å²) in [5.74, 6) is -0.563. The Labute approximate surface area is 128 Å². The Morgan fingerprint density at radius 2 is 2.05 bits per heavy atom. The predicted octanol–water partition coefficient (Wildman–Crippen LogP) is 3.50. The van der Waals surface area contributed by atoms with Crippen LogP contribution < -0.4 is 5.32 Å². The topological polar surface area (TPSA) is 49.3 Å². The van der Waals surface area contributed by atoms with Crippen molar-refractivity contribution >= 4 is 21.8 Å². The summed E-state index contributed by atoms with van der Waals surface area (Å²) in [6.07, 6.45) is -2.32. The number of hydrogen-bond acceptors (Lipinski definition) is 2. The molecule has 1 saturated carbocycles. The van der Waals surface area contributed by atoms with E-state index >= 15 is 0 Å². The van der Waals surface area contributed by atoms with Crippen LogP contribution in [-0.2, 0) is 6.18 Å². The van der Waals surface area contributed by atoms with Crippen LogP contribution >= 0.6 is 15.9 Å². The minimum atomic E-state index is -4.49. The molecular weight excluding hydrogens is 351 g/mol. The van der Waals surface area contributed by atoms with E-state index in [1.165, 1.54) is 6.07 Å². The van der Waals surface area contributed by atoms with Gasteiger partial charge in [-0.2, -0.15) is 13.2 Å². The third-order valence-electron chi connectivity index (χ3n) is 3.52. The molecule has 2 atom stereocenters. The van der Waals surface area contributed by atoms with Gasteiger partial charge in [0.05, 0.1) is 17.2 Å². The summed E-state index contributed by atoms with van der Waals surface area (Å²) in [6.45, 7) is 0. The summed E-state index contributed by atoms with van der Waals surface area (Å²) in [4.78, 5) is 12.1. The molecule has 7 heteroatoms. The van der Waals surface area contributed by atoms with Crippen LogP contribution in [0.1, 0.15) is 41.6 Å². The standard InChI is InChI=1S/C14H15BrF3NO2/c15-12-5-4-8(14(16,17)18)6-11(12)13(21)19-9-2-1-3-10(20)7-9/h4-6,9-10,20H,1-3,7H2,(H,19,21). The van der Waals surface area contributed by atoms with E-state index in [1.807, 2.05) is 0 Å². The van der Waals surface area contributed by atoms with Crippen molar-refractivity contribution in [1.29, 1.82) is 0 Å². The van der Waals surface area contributed by atoms with Gasteiger partial charge in [-0.05, 0) is 59.8 Å². The van der Waals surface area contributed by atoms with Gasteiger partial charge in [0.1, 0.15) is 0 Å². The molecule has 1 fully saturated rings. The molecule has 1 aliphatic rings. The molecule has 1 aromatic carbocycles. The summed E-state index contributed by atoms with van der Waals surface area (Å²) in [5, 5.41) is 12.2. The van der Waals surface area contributed by atoms with Gasteiger partial charge >= 0.3 is 6.18 Å². The molecule has 0 aliphatic heterocycles. The normalized spacial score (nSPS) is 22.9. The molecule has 2 N–H and O–H groups in total. The fourth-order valence-corrected chi connectivity index (χ4v) is 2.86. The second-order valence-electron chi connectivity index (χ2n) is 5.18. The molecule has 0 heterocycles. The van der Waals surface area contributed by atoms with Gasteiger partial charge < -0.3 is 10.4 Å². The SMILES string of the molecule is O=C(NC1CCCC(O)C1)c1cc(C(F)(F)F)ccc1Br. The number of halogens is 4. The minimum absolute atomic E-state index is 0.0510. The zero-order chi connectivity index (χ0) is 15.6. The first-order valence-electron chi connectivity index (χ1n) is 6.63. The van der Waals surface area contributed by atoms with E-state index in [-0.39, 0.29) is 11.6 Å². The van der Waals surface area contributed by atoms with Crippen LogP contribution in [0.3, 0.4) is 0 Å². The van der Waals surface area contributed by atoms with Gasteiger partial charge in [0.25, 0.3) is 5.91 Å². The molecule has 0 saturated heterocycles. The Balaban J connectivity index is 2.15. The predicted molar refractivity (Wildman–Crippen MR) is 74.9 cm³/mol. The second kappa shape index (κ2) is 6.36. The van der Waals surface area contributed by atoms with Gasteiger partial charge in [0, 0.05) is 10.5 Å². The minimum Gasteiger partial charge on any atom is -0.393 e. The monoisotopic (exact) mass is 365 g/mol. The molecule has 1 aromatic rings. The molecule has 3 nitrogen and oxygen atoms in total. The van der Waals surface area contributed by atoms with Crippen LogP contribution in [0.15, 0.2) is 22.7 Å². The van der Waals surface area contributed by atoms with Crippen LogP contribution in [0, 0.1) is 0 Å². The Kier molecular flexibility index (Phi) is 4.93. The smallest absolute Gasteiger partial charge is 0.393 e. The van der Waals surface area contributed by atoms with Crippen molar-refractivity contribution in [1.82, 2.24) is 5.32 Å². The lowest BCUT2D eigenvalue weighted by molar-refractivity contribution is -0.137.